The first-order valence-electron chi connectivity index (χ1n) is 34.8. The molecule has 0 aromatic carbocycles. The molecular weight excluding hydrogens is 1470 g/mol. The summed E-state index contributed by atoms with van der Waals surface area (Å²) >= 11 is 0. The van der Waals surface area contributed by atoms with Crippen molar-refractivity contribution < 1.29 is 160 Å². The highest BCUT2D eigenvalue weighted by Crippen LogP contribution is 2.33. The molecule has 0 radical (unpaired) electrons. The van der Waals surface area contributed by atoms with E-state index in [-0.39, 0.29) is 0 Å². The van der Waals surface area contributed by atoms with Crippen molar-refractivity contribution in [3.8, 4) is 190 Å². The van der Waals surface area contributed by atoms with Crippen LogP contribution in [0.25, 0.3) is 0 Å². The Kier molecular flexibility index (Phi) is 34.0. The summed E-state index contributed by atoms with van der Waals surface area (Å²) < 4.78 is 45.1. The Hall–Kier alpha value is -8.32. The lowest BCUT2D eigenvalue weighted by atomic mass is 9.86. The molecule has 594 valence electrons. The average molecular weight is 1560 g/mol. The lowest BCUT2D eigenvalue weighted by Gasteiger charge is -2.38. The van der Waals surface area contributed by atoms with E-state index in [9.17, 15) is 123 Å². The maximum atomic E-state index is 11.1. The lowest BCUT2D eigenvalue weighted by molar-refractivity contribution is -0.177. The number of aliphatic hydroxyl groups is 24. The molecule has 0 aliphatic carbocycles. The van der Waals surface area contributed by atoms with Crippen molar-refractivity contribution in [2.75, 3.05) is 52.9 Å². The highest BCUT2D eigenvalue weighted by atomic mass is 16.6. The van der Waals surface area contributed by atoms with E-state index in [1.54, 1.807) is 0 Å². The monoisotopic (exact) mass is 1550 g/mol. The van der Waals surface area contributed by atoms with E-state index in [1.807, 2.05) is 0 Å². The van der Waals surface area contributed by atoms with Crippen molar-refractivity contribution in [3.63, 3.8) is 0 Å². The molecule has 8 fully saturated rings. The third-order valence-corrected chi connectivity index (χ3v) is 19.4. The molecule has 0 spiro atoms. The highest BCUT2D eigenvalue weighted by molar-refractivity contribution is 5.39. The summed E-state index contributed by atoms with van der Waals surface area (Å²) in [6.07, 6.45) is -36.6. The lowest BCUT2D eigenvalue weighted by Crippen LogP contribution is -2.54. The van der Waals surface area contributed by atoms with Crippen LogP contribution in [0.3, 0.4) is 0 Å². The fourth-order valence-electron chi connectivity index (χ4n) is 13.0. The molecule has 0 aromatic heterocycles. The molecule has 8 aliphatic heterocycles. The predicted octanol–water partition coefficient (Wildman–Crippen LogP) is -14.9. The van der Waals surface area contributed by atoms with Gasteiger partial charge >= 0.3 is 0 Å². The minimum atomic E-state index is -1.77. The van der Waals surface area contributed by atoms with E-state index in [0.717, 1.165) is 0 Å². The second-order valence-electron chi connectivity index (χ2n) is 26.4. The summed E-state index contributed by atoms with van der Waals surface area (Å²) in [6.45, 7) is -5.55. The first kappa shape index (κ1) is 89.2. The van der Waals surface area contributed by atoms with Crippen LogP contribution < -0.4 is 0 Å². The van der Waals surface area contributed by atoms with Crippen molar-refractivity contribution in [3.05, 3.63) is 0 Å². The predicted molar refractivity (Wildman–Crippen MR) is 377 cm³/mol. The number of aliphatic hydroxyl groups excluding tert-OH is 24. The topological polar surface area (TPSA) is 559 Å². The van der Waals surface area contributed by atoms with Gasteiger partial charge in [-0.05, 0) is 82.9 Å². The molecule has 8 saturated heterocycles. The Morgan fingerprint density at radius 2 is 0.286 bits per heavy atom. The van der Waals surface area contributed by atoms with E-state index < -0.39 is 296 Å². The van der Waals surface area contributed by atoms with Crippen molar-refractivity contribution in [2.45, 2.75) is 195 Å². The second kappa shape index (κ2) is 42.7. The maximum absolute atomic E-state index is 11.1. The van der Waals surface area contributed by atoms with Crippen LogP contribution in [0, 0.1) is 238 Å². The standard InChI is InChI=1S/C80H82O32/c1-3-41-57(33-81)106-50(74(98)65(41)89)26-12-6-20-43-59(35-83)108-52(76(100)67(43)91)28-14-8-22-45-61(37-85)110-54(78(102)69(45)93)30-16-10-24-47-63(39-87)112-56(80(104)71(47)95)32-18-11-25-48-64(40-88)111-55(79(103)72(48)96)31-17-9-23-46-62(38-86)109-53(77(101)70(46)94)29-15-7-21-44-60(36-84)107-51(75(99)68(44)92)27-13-5-19-42-58(34-82)105-49(4-2)73(97)66(42)90/h1-2,41-104H,33-40H2/t41-,42-,43-,44-,45-,46-,47-,48-,49+,50+,51+,52+,53+,54+,55+,56+,57-,58-,59-,60-,61-,62-,63-,64-,65+,66+,67+,68+,69+,70+,71+,72+,73+,74+,75+,76+,77+,78+,79+,80+/m1/s1. The fourth-order valence-corrected chi connectivity index (χ4v) is 13.0. The summed E-state index contributed by atoms with van der Waals surface area (Å²) in [6, 6.07) is 0. The second-order valence-corrected chi connectivity index (χ2v) is 26.4. The van der Waals surface area contributed by atoms with Crippen molar-refractivity contribution in [1.29, 1.82) is 0 Å². The van der Waals surface area contributed by atoms with E-state index in [0.29, 0.717) is 0 Å². The van der Waals surface area contributed by atoms with E-state index >= 15 is 0 Å². The van der Waals surface area contributed by atoms with Crippen LogP contribution in [-0.2, 0) is 37.9 Å². The SMILES string of the molecule is C#C[C@H]1[C@H](O)[C@@H](O)[C@H](C#CC#C[C@H]2[C@H](O)[C@@H](O)[C@H](C#CC#C[C@H]3[C@H](O)[C@@H](O)[C@H](C#CC#C[C@H]4[C@H](O)[C@@H](O)[C@H](C#CC#C[C@H]5[C@H](O)[C@@H](O)[C@H](C#CC#C[C@H]6[C@H](O)[C@@H](O)[C@H](C#CC#C[C@H]7[C@H](O)[C@@H](O)[C@H](C#CC#C[C@H]8[C@H](O)[C@@H](O)[C@H](C#C)O[C@@H]8CO)O[C@@H]7CO)O[C@@H]6CO)O[C@@H]5CO)O[C@@H]4CO)O[C@@H]3CO)O[C@@H]2CO)O[C@@H]1CO. The van der Waals surface area contributed by atoms with Crippen molar-refractivity contribution in [2.24, 2.45) is 47.3 Å². The van der Waals surface area contributed by atoms with Crippen LogP contribution in [0.4, 0.5) is 0 Å². The molecule has 24 N–H and O–H groups in total. The normalized spacial score (nSPS) is 42.9. The molecule has 40 atom stereocenters. The van der Waals surface area contributed by atoms with Gasteiger partial charge in [-0.25, -0.2) is 0 Å². The van der Waals surface area contributed by atoms with Crippen LogP contribution in [0.2, 0.25) is 0 Å². The molecule has 8 heterocycles. The molecule has 0 aromatic rings. The van der Waals surface area contributed by atoms with Gasteiger partial charge in [-0.2, -0.15) is 0 Å². The number of rotatable bonds is 8. The third-order valence-electron chi connectivity index (χ3n) is 19.4. The summed E-state index contributed by atoms with van der Waals surface area (Å²) in [7, 11) is 0. The van der Waals surface area contributed by atoms with E-state index in [4.69, 9.17) is 50.7 Å². The Morgan fingerprint density at radius 1 is 0.161 bits per heavy atom. The van der Waals surface area contributed by atoms with Crippen LogP contribution in [0.15, 0.2) is 0 Å². The first-order valence-corrected chi connectivity index (χ1v) is 34.8. The van der Waals surface area contributed by atoms with Gasteiger partial charge < -0.3 is 160 Å². The van der Waals surface area contributed by atoms with Gasteiger partial charge in [0.1, 0.15) is 97.7 Å². The molecular formula is C80H82O32. The van der Waals surface area contributed by atoms with Crippen LogP contribution in [0.5, 0.6) is 0 Å². The maximum Gasteiger partial charge on any atom is 0.148 e. The quantitative estimate of drug-likeness (QED) is 0.100. The summed E-state index contributed by atoms with van der Waals surface area (Å²) in [4.78, 5) is 0. The summed E-state index contributed by atoms with van der Waals surface area (Å²) in [5, 5.41) is 253. The summed E-state index contributed by atoms with van der Waals surface area (Å²) in [5.41, 5.74) is 0. The van der Waals surface area contributed by atoms with Crippen LogP contribution in [-0.4, -0.2) is 371 Å². The Balaban J connectivity index is 0.804. The zero-order valence-electron chi connectivity index (χ0n) is 58.9. The molecule has 0 saturated carbocycles. The molecule has 112 heavy (non-hydrogen) atoms. The van der Waals surface area contributed by atoms with Gasteiger partial charge in [0.25, 0.3) is 0 Å². The zero-order chi connectivity index (χ0) is 81.6. The molecule has 8 aliphatic rings. The largest absolute Gasteiger partial charge is 0.394 e. The Labute approximate surface area is 643 Å². The van der Waals surface area contributed by atoms with Crippen molar-refractivity contribution in [1.82, 2.24) is 0 Å². The molecule has 0 bridgehead atoms. The number of terminal acetylenes is 2. The number of ether oxygens (including phenoxy) is 8. The van der Waals surface area contributed by atoms with Gasteiger partial charge in [0.05, 0.1) is 198 Å². The van der Waals surface area contributed by atoms with Crippen LogP contribution >= 0.6 is 0 Å². The Morgan fingerprint density at radius 3 is 0.429 bits per heavy atom. The number of hydrogen-bond acceptors (Lipinski definition) is 32. The van der Waals surface area contributed by atoms with Gasteiger partial charge in [-0.15, -0.1) is 12.8 Å². The Bertz CT molecular complexity index is 4300. The molecule has 32 nitrogen and oxygen atoms in total. The minimum absolute atomic E-state index is 0.564. The fraction of sp³-hybridized carbons (Fsp3) is 0.600. The minimum Gasteiger partial charge on any atom is -0.394 e. The third kappa shape index (κ3) is 21.2. The number of hydrogen-bond donors (Lipinski definition) is 24. The van der Waals surface area contributed by atoms with Gasteiger partial charge in [-0.3, -0.25) is 0 Å². The van der Waals surface area contributed by atoms with Gasteiger partial charge in [0, 0.05) is 0 Å². The van der Waals surface area contributed by atoms with Gasteiger partial charge in [-0.1, -0.05) is 94.7 Å². The first-order chi connectivity index (χ1) is 53.8. The van der Waals surface area contributed by atoms with Gasteiger partial charge in [0.15, 0.2) is 0 Å². The smallest absolute Gasteiger partial charge is 0.148 e. The average Bonchev–Trinajstić information content (AvgIpc) is 0.759. The highest BCUT2D eigenvalue weighted by Gasteiger charge is 2.50. The molecule has 8 rings (SSSR count). The van der Waals surface area contributed by atoms with Gasteiger partial charge in [0.2, 0.25) is 0 Å². The summed E-state index contributed by atoms with van der Waals surface area (Å²) in [5.74, 6) is 64.1. The van der Waals surface area contributed by atoms with E-state index in [2.05, 4.69) is 178 Å². The van der Waals surface area contributed by atoms with E-state index in [1.165, 1.54) is 0 Å². The van der Waals surface area contributed by atoms with Crippen LogP contribution in [0.1, 0.15) is 0 Å². The molecule has 32 heteroatoms. The zero-order valence-corrected chi connectivity index (χ0v) is 58.9. The molecule has 0 unspecified atom stereocenters. The molecule has 0 amide bonds. The van der Waals surface area contributed by atoms with Crippen molar-refractivity contribution >= 4 is 0 Å².